The first-order chi connectivity index (χ1) is 11.2. The Morgan fingerprint density at radius 2 is 1.38 bits per heavy atom. The van der Waals surface area contributed by atoms with Crippen LogP contribution < -0.4 is 0 Å². The smallest absolute Gasteiger partial charge is 0.303 e. The summed E-state index contributed by atoms with van der Waals surface area (Å²) < 4.78 is 25.9. The summed E-state index contributed by atoms with van der Waals surface area (Å²) in [6, 6.07) is 0. The van der Waals surface area contributed by atoms with E-state index in [0.717, 1.165) is 0 Å². The standard InChI is InChI=1S/C15H22O9/c1-8(16)20-6-12-5-13(22-10(3)18)15(23-11(4)19)14(24-12)7-21-9(2)17/h12-15H,5-7H2,1-4H3/t12-,13-,14-,15+/m1/s1. The van der Waals surface area contributed by atoms with Gasteiger partial charge in [-0.05, 0) is 0 Å². The summed E-state index contributed by atoms with van der Waals surface area (Å²) in [5.74, 6) is -2.17. The minimum Gasteiger partial charge on any atom is -0.463 e. The van der Waals surface area contributed by atoms with Crippen molar-refractivity contribution in [3.05, 3.63) is 0 Å². The lowest BCUT2D eigenvalue weighted by Gasteiger charge is -2.39. The molecule has 136 valence electrons. The molecule has 0 amide bonds. The van der Waals surface area contributed by atoms with E-state index in [1.165, 1.54) is 27.7 Å². The molecule has 1 fully saturated rings. The average molecular weight is 346 g/mol. The zero-order chi connectivity index (χ0) is 18.3. The summed E-state index contributed by atoms with van der Waals surface area (Å²) in [5, 5.41) is 0. The van der Waals surface area contributed by atoms with Crippen molar-refractivity contribution in [3.8, 4) is 0 Å². The number of ether oxygens (including phenoxy) is 5. The third-order valence-electron chi connectivity index (χ3n) is 3.14. The first kappa shape index (κ1) is 19.9. The molecule has 0 aromatic heterocycles. The second kappa shape index (κ2) is 9.21. The molecule has 0 spiro atoms. The molecule has 0 aromatic rings. The van der Waals surface area contributed by atoms with Gasteiger partial charge >= 0.3 is 23.9 Å². The normalized spacial score (nSPS) is 26.2. The lowest BCUT2D eigenvalue weighted by Crippen LogP contribution is -2.54. The highest BCUT2D eigenvalue weighted by Crippen LogP contribution is 2.26. The van der Waals surface area contributed by atoms with E-state index < -0.39 is 48.3 Å². The summed E-state index contributed by atoms with van der Waals surface area (Å²) in [4.78, 5) is 44.6. The number of carbonyl (C=O) groups excluding carboxylic acids is 4. The molecule has 0 N–H and O–H groups in total. The van der Waals surface area contributed by atoms with Crippen LogP contribution in [0.3, 0.4) is 0 Å². The summed E-state index contributed by atoms with van der Waals surface area (Å²) in [6.45, 7) is 4.66. The maximum absolute atomic E-state index is 11.3. The monoisotopic (exact) mass is 346 g/mol. The summed E-state index contributed by atoms with van der Waals surface area (Å²) in [7, 11) is 0. The maximum atomic E-state index is 11.3. The van der Waals surface area contributed by atoms with Crippen LogP contribution >= 0.6 is 0 Å². The van der Waals surface area contributed by atoms with Crippen LogP contribution in [0.1, 0.15) is 34.1 Å². The quantitative estimate of drug-likeness (QED) is 0.489. The molecule has 1 heterocycles. The second-order valence-corrected chi connectivity index (χ2v) is 5.36. The van der Waals surface area contributed by atoms with E-state index in [0.29, 0.717) is 0 Å². The van der Waals surface area contributed by atoms with Crippen molar-refractivity contribution in [3.63, 3.8) is 0 Å². The minimum atomic E-state index is -0.931. The molecule has 0 unspecified atom stereocenters. The van der Waals surface area contributed by atoms with Gasteiger partial charge in [0.2, 0.25) is 0 Å². The number of carbonyl (C=O) groups is 4. The van der Waals surface area contributed by atoms with E-state index in [1.54, 1.807) is 0 Å². The first-order valence-corrected chi connectivity index (χ1v) is 7.45. The van der Waals surface area contributed by atoms with Gasteiger partial charge in [-0.1, -0.05) is 0 Å². The molecule has 24 heavy (non-hydrogen) atoms. The Morgan fingerprint density at radius 1 is 0.833 bits per heavy atom. The zero-order valence-corrected chi connectivity index (χ0v) is 14.1. The summed E-state index contributed by atoms with van der Waals surface area (Å²) in [5.41, 5.74) is 0. The molecule has 9 nitrogen and oxygen atoms in total. The maximum Gasteiger partial charge on any atom is 0.303 e. The molecule has 1 aliphatic heterocycles. The molecule has 0 saturated carbocycles. The third kappa shape index (κ3) is 6.95. The molecule has 1 rings (SSSR count). The van der Waals surface area contributed by atoms with E-state index in [4.69, 9.17) is 23.7 Å². The molecule has 9 heteroatoms. The van der Waals surface area contributed by atoms with Crippen molar-refractivity contribution in [2.45, 2.75) is 58.5 Å². The van der Waals surface area contributed by atoms with Gasteiger partial charge in [0, 0.05) is 34.1 Å². The van der Waals surface area contributed by atoms with Crippen LogP contribution in [0.5, 0.6) is 0 Å². The van der Waals surface area contributed by atoms with Gasteiger partial charge in [0.25, 0.3) is 0 Å². The molecule has 1 saturated heterocycles. The van der Waals surface area contributed by atoms with Gasteiger partial charge in [-0.15, -0.1) is 0 Å². The van der Waals surface area contributed by atoms with Crippen LogP contribution in [-0.2, 0) is 42.9 Å². The lowest BCUT2D eigenvalue weighted by molar-refractivity contribution is -0.220. The summed E-state index contributed by atoms with van der Waals surface area (Å²) >= 11 is 0. The SMILES string of the molecule is CC(=O)OC[C@H]1C[C@@H](OC(C)=O)[C@H](OC(C)=O)[C@@H](COC(C)=O)O1. The van der Waals surface area contributed by atoms with Gasteiger partial charge in [0.1, 0.15) is 25.4 Å². The van der Waals surface area contributed by atoms with Crippen molar-refractivity contribution >= 4 is 23.9 Å². The van der Waals surface area contributed by atoms with Crippen molar-refractivity contribution < 1.29 is 42.9 Å². The van der Waals surface area contributed by atoms with Crippen molar-refractivity contribution in [2.24, 2.45) is 0 Å². The van der Waals surface area contributed by atoms with Crippen LogP contribution in [-0.4, -0.2) is 61.5 Å². The van der Waals surface area contributed by atoms with Crippen molar-refractivity contribution in [1.29, 1.82) is 0 Å². The fraction of sp³-hybridized carbons (Fsp3) is 0.733. The predicted octanol–water partition coefficient (Wildman–Crippen LogP) is 0.134. The van der Waals surface area contributed by atoms with E-state index >= 15 is 0 Å². The van der Waals surface area contributed by atoms with E-state index in [2.05, 4.69) is 0 Å². The van der Waals surface area contributed by atoms with Crippen LogP contribution in [0, 0.1) is 0 Å². The Morgan fingerprint density at radius 3 is 1.88 bits per heavy atom. The Labute approximate surface area is 139 Å². The lowest BCUT2D eigenvalue weighted by atomic mass is 9.97. The highest BCUT2D eigenvalue weighted by Gasteiger charge is 2.43. The van der Waals surface area contributed by atoms with Gasteiger partial charge in [-0.25, -0.2) is 0 Å². The number of hydrogen-bond acceptors (Lipinski definition) is 9. The number of hydrogen-bond donors (Lipinski definition) is 0. The average Bonchev–Trinajstić information content (AvgIpc) is 2.44. The van der Waals surface area contributed by atoms with Gasteiger partial charge in [-0.3, -0.25) is 19.2 Å². The van der Waals surface area contributed by atoms with E-state index in [9.17, 15) is 19.2 Å². The van der Waals surface area contributed by atoms with E-state index in [-0.39, 0.29) is 19.6 Å². The third-order valence-corrected chi connectivity index (χ3v) is 3.14. The van der Waals surface area contributed by atoms with Gasteiger partial charge in [0.05, 0.1) is 6.10 Å². The van der Waals surface area contributed by atoms with Crippen LogP contribution in [0.2, 0.25) is 0 Å². The Bertz CT molecular complexity index is 487. The van der Waals surface area contributed by atoms with Crippen LogP contribution in [0.25, 0.3) is 0 Å². The fourth-order valence-electron chi connectivity index (χ4n) is 2.34. The van der Waals surface area contributed by atoms with E-state index in [1.807, 2.05) is 0 Å². The van der Waals surface area contributed by atoms with Crippen LogP contribution in [0.15, 0.2) is 0 Å². The van der Waals surface area contributed by atoms with Gasteiger partial charge in [0.15, 0.2) is 6.10 Å². The summed E-state index contributed by atoms with van der Waals surface area (Å²) in [6.07, 6.45) is -3.01. The first-order valence-electron chi connectivity index (χ1n) is 7.45. The Kier molecular flexibility index (Phi) is 7.63. The Balaban J connectivity index is 2.90. The topological polar surface area (TPSA) is 114 Å². The fourth-order valence-corrected chi connectivity index (χ4v) is 2.34. The highest BCUT2D eigenvalue weighted by atomic mass is 16.6. The molecular formula is C15H22O9. The minimum absolute atomic E-state index is 0.0591. The molecular weight excluding hydrogens is 324 g/mol. The second-order valence-electron chi connectivity index (χ2n) is 5.36. The van der Waals surface area contributed by atoms with Crippen molar-refractivity contribution in [2.75, 3.05) is 13.2 Å². The molecule has 0 aliphatic carbocycles. The number of esters is 4. The molecule has 0 aromatic carbocycles. The molecule has 4 atom stereocenters. The highest BCUT2D eigenvalue weighted by molar-refractivity contribution is 5.68. The number of rotatable bonds is 6. The van der Waals surface area contributed by atoms with Crippen LogP contribution in [0.4, 0.5) is 0 Å². The Hall–Kier alpha value is -2.16. The molecule has 1 aliphatic rings. The molecule has 0 bridgehead atoms. The van der Waals surface area contributed by atoms with Gasteiger partial charge < -0.3 is 23.7 Å². The predicted molar refractivity (Wildman–Crippen MR) is 77.7 cm³/mol. The molecule has 0 radical (unpaired) electrons. The zero-order valence-electron chi connectivity index (χ0n) is 14.1. The van der Waals surface area contributed by atoms with Gasteiger partial charge in [-0.2, -0.15) is 0 Å². The van der Waals surface area contributed by atoms with Crippen molar-refractivity contribution in [1.82, 2.24) is 0 Å². The largest absolute Gasteiger partial charge is 0.463 e.